The molecule has 1 aliphatic heterocycles. The van der Waals surface area contributed by atoms with Crippen LogP contribution in [0.4, 0.5) is 8.78 Å². The summed E-state index contributed by atoms with van der Waals surface area (Å²) in [4.78, 5) is 18.1. The van der Waals surface area contributed by atoms with Crippen LogP contribution in [-0.4, -0.2) is 56.7 Å². The Balaban J connectivity index is 1.73. The molecule has 1 aromatic heterocycles. The third-order valence-corrected chi connectivity index (χ3v) is 5.33. The third kappa shape index (κ3) is 6.25. The first-order valence-electron chi connectivity index (χ1n) is 9.21. The second-order valence-corrected chi connectivity index (χ2v) is 9.30. The molecule has 0 atom stereocenters. The highest BCUT2D eigenvalue weighted by Crippen LogP contribution is 2.32. The summed E-state index contributed by atoms with van der Waals surface area (Å²) in [7, 11) is -1.91. The standard InChI is InChI=1S/C19H20ClF2N3O5S/c1-25-5-3-11(4-6-25)30-19-14(20)7-12(10-23-19)29-17-9-15(21)13(8-16(17)22)18(26)24-31(2,27)28/h7-11H,3-6H2,1-2H3,(H,24,26). The number of rotatable bonds is 6. The highest BCUT2D eigenvalue weighted by Gasteiger charge is 2.22. The highest BCUT2D eigenvalue weighted by atomic mass is 35.5. The molecule has 12 heteroatoms. The molecule has 3 rings (SSSR count). The van der Waals surface area contributed by atoms with Gasteiger partial charge in [-0.2, -0.15) is 0 Å². The molecule has 31 heavy (non-hydrogen) atoms. The van der Waals surface area contributed by atoms with Crippen LogP contribution in [0.2, 0.25) is 5.02 Å². The van der Waals surface area contributed by atoms with Gasteiger partial charge in [-0.05, 0) is 26.0 Å². The summed E-state index contributed by atoms with van der Waals surface area (Å²) in [6.07, 6.45) is 3.60. The molecular weight excluding hydrogens is 456 g/mol. The summed E-state index contributed by atoms with van der Waals surface area (Å²) >= 11 is 6.19. The van der Waals surface area contributed by atoms with Crippen molar-refractivity contribution in [2.75, 3.05) is 26.4 Å². The van der Waals surface area contributed by atoms with Crippen molar-refractivity contribution >= 4 is 27.5 Å². The summed E-state index contributed by atoms with van der Waals surface area (Å²) < 4.78 is 63.4. The van der Waals surface area contributed by atoms with Gasteiger partial charge >= 0.3 is 0 Å². The number of ether oxygens (including phenoxy) is 2. The molecule has 1 saturated heterocycles. The second-order valence-electron chi connectivity index (χ2n) is 7.15. The number of likely N-dealkylation sites (tertiary alicyclic amines) is 1. The van der Waals surface area contributed by atoms with E-state index in [0.717, 1.165) is 25.9 Å². The van der Waals surface area contributed by atoms with Crippen molar-refractivity contribution in [3.63, 3.8) is 0 Å². The molecule has 0 saturated carbocycles. The molecule has 168 valence electrons. The molecule has 1 amide bonds. The van der Waals surface area contributed by atoms with Crippen LogP contribution in [0.5, 0.6) is 17.4 Å². The average Bonchev–Trinajstić information content (AvgIpc) is 2.67. The topological polar surface area (TPSA) is 97.8 Å². The molecule has 0 radical (unpaired) electrons. The number of benzene rings is 1. The molecule has 1 aromatic carbocycles. The maximum atomic E-state index is 14.3. The Labute approximate surface area is 183 Å². The Hall–Kier alpha value is -2.50. The zero-order valence-corrected chi connectivity index (χ0v) is 18.3. The van der Waals surface area contributed by atoms with Crippen LogP contribution in [0.1, 0.15) is 23.2 Å². The van der Waals surface area contributed by atoms with Gasteiger partial charge in [0.25, 0.3) is 5.91 Å². The Morgan fingerprint density at radius 2 is 1.90 bits per heavy atom. The van der Waals surface area contributed by atoms with Crippen molar-refractivity contribution in [2.45, 2.75) is 18.9 Å². The number of carbonyl (C=O) groups is 1. The number of pyridine rings is 1. The van der Waals surface area contributed by atoms with Crippen LogP contribution in [-0.2, 0) is 10.0 Å². The van der Waals surface area contributed by atoms with E-state index in [1.807, 2.05) is 7.05 Å². The number of amides is 1. The van der Waals surface area contributed by atoms with Crippen LogP contribution in [0.3, 0.4) is 0 Å². The summed E-state index contributed by atoms with van der Waals surface area (Å²) in [5.41, 5.74) is -0.784. The number of hydrogen-bond donors (Lipinski definition) is 1. The normalized spacial score (nSPS) is 15.5. The van der Waals surface area contributed by atoms with Crippen molar-refractivity contribution in [1.82, 2.24) is 14.6 Å². The maximum absolute atomic E-state index is 14.3. The monoisotopic (exact) mass is 475 g/mol. The Kier molecular flexibility index (Phi) is 6.97. The smallest absolute Gasteiger partial charge is 0.267 e. The van der Waals surface area contributed by atoms with Gasteiger partial charge in [0.05, 0.1) is 18.0 Å². The van der Waals surface area contributed by atoms with E-state index in [-0.39, 0.29) is 22.8 Å². The lowest BCUT2D eigenvalue weighted by atomic mass is 10.1. The second kappa shape index (κ2) is 9.33. The number of carbonyl (C=O) groups excluding carboxylic acids is 1. The number of halogens is 3. The van der Waals surface area contributed by atoms with Gasteiger partial charge in [0.2, 0.25) is 15.9 Å². The van der Waals surface area contributed by atoms with E-state index in [1.165, 1.54) is 12.3 Å². The van der Waals surface area contributed by atoms with Gasteiger partial charge in [0.15, 0.2) is 11.6 Å². The maximum Gasteiger partial charge on any atom is 0.267 e. The largest absolute Gasteiger partial charge is 0.473 e. The quantitative estimate of drug-likeness (QED) is 0.685. The summed E-state index contributed by atoms with van der Waals surface area (Å²) in [6, 6.07) is 2.52. The van der Waals surface area contributed by atoms with Crippen LogP contribution in [0.25, 0.3) is 0 Å². The van der Waals surface area contributed by atoms with E-state index in [4.69, 9.17) is 21.1 Å². The number of piperidine rings is 1. The lowest BCUT2D eigenvalue weighted by molar-refractivity contribution is 0.0977. The molecule has 0 aliphatic carbocycles. The fourth-order valence-electron chi connectivity index (χ4n) is 2.94. The summed E-state index contributed by atoms with van der Waals surface area (Å²) in [5, 5.41) is 0.140. The van der Waals surface area contributed by atoms with Gasteiger partial charge < -0.3 is 14.4 Å². The highest BCUT2D eigenvalue weighted by molar-refractivity contribution is 7.89. The molecule has 2 heterocycles. The molecule has 1 aliphatic rings. The lowest BCUT2D eigenvalue weighted by Gasteiger charge is -2.29. The minimum absolute atomic E-state index is 0.0207. The SMILES string of the molecule is CN1CCC(Oc2ncc(Oc3cc(F)c(C(=O)NS(C)(=O)=O)cc3F)cc2Cl)CC1. The first kappa shape index (κ1) is 23.2. The summed E-state index contributed by atoms with van der Waals surface area (Å²) in [5.74, 6) is -3.85. The first-order chi connectivity index (χ1) is 14.5. The Morgan fingerprint density at radius 1 is 1.23 bits per heavy atom. The first-order valence-corrected chi connectivity index (χ1v) is 11.5. The van der Waals surface area contributed by atoms with E-state index in [9.17, 15) is 22.0 Å². The van der Waals surface area contributed by atoms with Gasteiger partial charge in [-0.15, -0.1) is 0 Å². The van der Waals surface area contributed by atoms with Crippen LogP contribution < -0.4 is 14.2 Å². The van der Waals surface area contributed by atoms with E-state index in [0.29, 0.717) is 18.4 Å². The van der Waals surface area contributed by atoms with E-state index < -0.39 is 38.9 Å². The molecular formula is C19H20ClF2N3O5S. The molecule has 0 spiro atoms. The third-order valence-electron chi connectivity index (χ3n) is 4.50. The predicted octanol–water partition coefficient (Wildman–Crippen LogP) is 2.97. The fourth-order valence-corrected chi connectivity index (χ4v) is 3.59. The van der Waals surface area contributed by atoms with Crippen LogP contribution >= 0.6 is 11.6 Å². The van der Waals surface area contributed by atoms with Crippen LogP contribution in [0.15, 0.2) is 24.4 Å². The van der Waals surface area contributed by atoms with Crippen molar-refractivity contribution in [2.24, 2.45) is 0 Å². The minimum atomic E-state index is -3.94. The lowest BCUT2D eigenvalue weighted by Crippen LogP contribution is -2.35. The van der Waals surface area contributed by atoms with Crippen LogP contribution in [0, 0.1) is 11.6 Å². The van der Waals surface area contributed by atoms with E-state index in [2.05, 4.69) is 9.88 Å². The van der Waals surface area contributed by atoms with Gasteiger partial charge in [-0.25, -0.2) is 26.9 Å². The molecule has 1 N–H and O–H groups in total. The molecule has 2 aromatic rings. The minimum Gasteiger partial charge on any atom is -0.473 e. The molecule has 0 unspecified atom stereocenters. The van der Waals surface area contributed by atoms with E-state index in [1.54, 1.807) is 4.72 Å². The van der Waals surface area contributed by atoms with Gasteiger partial charge in [-0.3, -0.25) is 4.79 Å². The zero-order chi connectivity index (χ0) is 22.8. The van der Waals surface area contributed by atoms with Crippen molar-refractivity contribution in [1.29, 1.82) is 0 Å². The predicted molar refractivity (Wildman–Crippen MR) is 109 cm³/mol. The number of aromatic nitrogens is 1. The molecule has 1 fully saturated rings. The van der Waals surface area contributed by atoms with Crippen molar-refractivity contribution in [3.05, 3.63) is 46.6 Å². The number of nitrogens with one attached hydrogen (secondary N) is 1. The summed E-state index contributed by atoms with van der Waals surface area (Å²) in [6.45, 7) is 1.79. The Bertz CT molecular complexity index is 1090. The number of sulfonamides is 1. The molecule has 0 bridgehead atoms. The zero-order valence-electron chi connectivity index (χ0n) is 16.7. The van der Waals surface area contributed by atoms with Gasteiger partial charge in [0.1, 0.15) is 22.7 Å². The number of nitrogens with zero attached hydrogens (tertiary/aromatic N) is 2. The molecule has 8 nitrogen and oxygen atoms in total. The van der Waals surface area contributed by atoms with E-state index >= 15 is 0 Å². The van der Waals surface area contributed by atoms with Crippen molar-refractivity contribution in [3.8, 4) is 17.4 Å². The van der Waals surface area contributed by atoms with Gasteiger partial charge in [-0.1, -0.05) is 11.6 Å². The Morgan fingerprint density at radius 3 is 2.52 bits per heavy atom. The van der Waals surface area contributed by atoms with Crippen molar-refractivity contribution < 1.29 is 31.5 Å². The average molecular weight is 476 g/mol. The number of hydrogen-bond acceptors (Lipinski definition) is 7. The van der Waals surface area contributed by atoms with Gasteiger partial charge in [0, 0.05) is 25.2 Å². The fraction of sp³-hybridized carbons (Fsp3) is 0.368.